The van der Waals surface area contributed by atoms with E-state index in [-0.39, 0.29) is 31.9 Å². The van der Waals surface area contributed by atoms with Gasteiger partial charge in [-0.15, -0.1) is 47.6 Å². The second-order valence-electron chi connectivity index (χ2n) is 16.4. The number of aromatic nitrogens is 5. The van der Waals surface area contributed by atoms with Crippen LogP contribution in [0.1, 0.15) is 77.0 Å². The molecule has 0 radical (unpaired) electrons. The zero-order valence-corrected chi connectivity index (χ0v) is 33.5. The Morgan fingerprint density at radius 2 is 1.39 bits per heavy atom. The molecule has 272 valence electrons. The first-order chi connectivity index (χ1) is 25.5. The first-order valence-corrected chi connectivity index (χ1v) is 18.5. The topological polar surface area (TPSA) is 62.5 Å². The molecule has 0 saturated heterocycles. The van der Waals surface area contributed by atoms with Crippen molar-refractivity contribution < 1.29 is 21.1 Å². The Morgan fingerprint density at radius 1 is 0.685 bits per heavy atom. The van der Waals surface area contributed by atoms with Gasteiger partial charge in [0.05, 0.1) is 22.4 Å². The van der Waals surface area contributed by atoms with Crippen LogP contribution in [0.15, 0.2) is 103 Å². The van der Waals surface area contributed by atoms with Crippen molar-refractivity contribution in [2.75, 3.05) is 9.80 Å². The van der Waals surface area contributed by atoms with Crippen LogP contribution in [0, 0.1) is 18.8 Å². The van der Waals surface area contributed by atoms with Gasteiger partial charge < -0.3 is 14.2 Å². The first-order valence-electron chi connectivity index (χ1n) is 18.5. The normalized spacial score (nSPS) is 16.2. The van der Waals surface area contributed by atoms with E-state index in [1.54, 1.807) is 0 Å². The maximum atomic E-state index is 5.48. The maximum absolute atomic E-state index is 5.48. The molecular weight excluding hydrogens is 846 g/mol. The van der Waals surface area contributed by atoms with E-state index >= 15 is 0 Å². The van der Waals surface area contributed by atoms with Crippen LogP contribution in [0.25, 0.3) is 38.5 Å². The maximum Gasteiger partial charge on any atom is 0.146 e. The number of anilines is 4. The van der Waals surface area contributed by atoms with Gasteiger partial charge in [-0.1, -0.05) is 77.3 Å². The molecule has 1 aliphatic heterocycles. The predicted molar refractivity (Wildman–Crippen MR) is 214 cm³/mol. The molecule has 0 N–H and O–H groups in total. The molecule has 0 fully saturated rings. The van der Waals surface area contributed by atoms with Crippen molar-refractivity contribution in [2.45, 2.75) is 70.6 Å². The van der Waals surface area contributed by atoms with Crippen LogP contribution in [0.3, 0.4) is 0 Å². The molecule has 0 atom stereocenters. The summed E-state index contributed by atoms with van der Waals surface area (Å²) >= 11 is 0. The van der Waals surface area contributed by atoms with Gasteiger partial charge in [-0.25, -0.2) is 15.0 Å². The van der Waals surface area contributed by atoms with Crippen molar-refractivity contribution in [1.29, 1.82) is 0 Å². The molecular formula is C46H40N7Pt-3. The average Bonchev–Trinajstić information content (AvgIpc) is 3.76. The summed E-state index contributed by atoms with van der Waals surface area (Å²) in [6.45, 7) is 15.8. The van der Waals surface area contributed by atoms with Gasteiger partial charge >= 0.3 is 0 Å². The van der Waals surface area contributed by atoms with Gasteiger partial charge in [-0.2, -0.15) is 24.3 Å². The second kappa shape index (κ2) is 12.2. The molecule has 1 aliphatic carbocycles. The van der Waals surface area contributed by atoms with Crippen LogP contribution < -0.4 is 9.80 Å². The van der Waals surface area contributed by atoms with E-state index in [9.17, 15) is 0 Å². The van der Waals surface area contributed by atoms with E-state index in [0.717, 1.165) is 97.0 Å². The molecule has 54 heavy (non-hydrogen) atoms. The zero-order chi connectivity index (χ0) is 36.3. The molecule has 2 aliphatic rings. The Labute approximate surface area is 330 Å². The number of hydrogen-bond donors (Lipinski definition) is 0. The molecule has 4 aromatic heterocycles. The van der Waals surface area contributed by atoms with Crippen LogP contribution in [0.4, 0.5) is 23.0 Å². The smallest absolute Gasteiger partial charge is 0.146 e. The number of para-hydroxylation sites is 3. The quantitative estimate of drug-likeness (QED) is 0.130. The number of rotatable bonds is 4. The van der Waals surface area contributed by atoms with Crippen LogP contribution in [-0.4, -0.2) is 24.3 Å². The summed E-state index contributed by atoms with van der Waals surface area (Å²) in [5, 5.41) is 2.01. The van der Waals surface area contributed by atoms with Crippen LogP contribution in [0.2, 0.25) is 0 Å². The van der Waals surface area contributed by atoms with Gasteiger partial charge in [0.25, 0.3) is 0 Å². The zero-order valence-electron chi connectivity index (χ0n) is 31.3. The molecule has 8 aromatic rings. The molecule has 4 aromatic carbocycles. The molecule has 5 heterocycles. The monoisotopic (exact) mass is 885 g/mol. The van der Waals surface area contributed by atoms with Crippen molar-refractivity contribution in [3.63, 3.8) is 0 Å². The average molecular weight is 886 g/mol. The van der Waals surface area contributed by atoms with E-state index < -0.39 is 5.41 Å². The summed E-state index contributed by atoms with van der Waals surface area (Å²) in [6.07, 6.45) is 2.14. The Morgan fingerprint density at radius 3 is 2.15 bits per heavy atom. The fraction of sp³-hybridized carbons (Fsp3) is 0.239. The van der Waals surface area contributed by atoms with Gasteiger partial charge in [0.1, 0.15) is 17.3 Å². The molecule has 7 nitrogen and oxygen atoms in total. The minimum Gasteiger partial charge on any atom is -0.477 e. The van der Waals surface area contributed by atoms with Crippen molar-refractivity contribution in [2.24, 2.45) is 0 Å². The van der Waals surface area contributed by atoms with Crippen molar-refractivity contribution in [1.82, 2.24) is 24.3 Å². The summed E-state index contributed by atoms with van der Waals surface area (Å²) < 4.78 is 2.23. The van der Waals surface area contributed by atoms with E-state index in [0.29, 0.717) is 0 Å². The Hall–Kier alpha value is -5.13. The number of benzene rings is 4. The summed E-state index contributed by atoms with van der Waals surface area (Å²) in [5.41, 5.74) is 10.4. The second-order valence-corrected chi connectivity index (χ2v) is 16.4. The predicted octanol–water partition coefficient (Wildman–Crippen LogP) is 10.7. The van der Waals surface area contributed by atoms with Crippen LogP contribution in [0.5, 0.6) is 0 Å². The third-order valence-electron chi connectivity index (χ3n) is 11.6. The Kier molecular flexibility index (Phi) is 7.82. The van der Waals surface area contributed by atoms with Gasteiger partial charge in [0.2, 0.25) is 0 Å². The van der Waals surface area contributed by atoms with Crippen LogP contribution >= 0.6 is 0 Å². The minimum absolute atomic E-state index is 0. The van der Waals surface area contributed by atoms with Crippen molar-refractivity contribution >= 4 is 61.5 Å². The number of hydrogen-bond acceptors (Lipinski definition) is 6. The molecule has 0 amide bonds. The molecule has 0 unspecified atom stereocenters. The molecule has 8 heteroatoms. The number of imidazole rings is 1. The fourth-order valence-corrected chi connectivity index (χ4v) is 8.26. The Balaban J connectivity index is 0.00000384. The number of fused-ring (bicyclic) bond motifs is 10. The fourth-order valence-electron chi connectivity index (χ4n) is 8.26. The third-order valence-corrected chi connectivity index (χ3v) is 11.6. The number of nitrogens with zero attached hydrogens (tertiary/aromatic N) is 7. The largest absolute Gasteiger partial charge is 0.477 e. The summed E-state index contributed by atoms with van der Waals surface area (Å²) in [5.74, 6) is 1.67. The van der Waals surface area contributed by atoms with Crippen molar-refractivity contribution in [3.8, 4) is 0 Å². The van der Waals surface area contributed by atoms with Crippen LogP contribution in [-0.2, 0) is 37.3 Å². The molecule has 0 bridgehead atoms. The van der Waals surface area contributed by atoms with E-state index in [1.165, 1.54) is 0 Å². The summed E-state index contributed by atoms with van der Waals surface area (Å²) in [4.78, 5) is 25.7. The summed E-state index contributed by atoms with van der Waals surface area (Å²) in [7, 11) is 0. The minimum atomic E-state index is -0.480. The standard InChI is InChI=1S/C46H40N7.Pt/c1-44(2)25-26-45(3,4)40-39(44)49-42-43(50-40)52(28-51(42)30-16-8-7-9-17-30)31-18-14-15-29(27-31)46(5,6)37-24-23-36-38(48-37)32-19-10-11-20-33(32)41-47-34-21-12-13-22-35(34)53(36)41;/h7-18,20-24,28H,25-26H2,1-6H3;/q-3;. The summed E-state index contributed by atoms with van der Waals surface area (Å²) in [6, 6.07) is 42.9. The van der Waals surface area contributed by atoms with Gasteiger partial charge in [0.15, 0.2) is 0 Å². The first kappa shape index (κ1) is 34.6. The van der Waals surface area contributed by atoms with E-state index in [2.05, 4.69) is 153 Å². The van der Waals surface area contributed by atoms with E-state index in [4.69, 9.17) is 19.9 Å². The Bertz CT molecular complexity index is 2770. The van der Waals surface area contributed by atoms with Gasteiger partial charge in [-0.3, -0.25) is 4.98 Å². The van der Waals surface area contributed by atoms with Crippen molar-refractivity contribution in [3.05, 3.63) is 145 Å². The van der Waals surface area contributed by atoms with Gasteiger partial charge in [0, 0.05) is 59.7 Å². The third kappa shape index (κ3) is 5.11. The van der Waals surface area contributed by atoms with Gasteiger partial charge in [-0.05, 0) is 49.2 Å². The van der Waals surface area contributed by atoms with E-state index in [1.807, 2.05) is 24.3 Å². The molecule has 10 rings (SSSR count). The number of pyridine rings is 2. The SMILES string of the molecule is CC1(C)CCC(C)(C)c2nc3c(nc21)N(c1[c-]c(C(C)(C)c2ccc4c(n2)c2[c-]cccc2c2nc5ccccc5n42)ccc1)[CH-]N3c1ccccc1.[Pt]. The molecule has 0 spiro atoms. The molecule has 0 saturated carbocycles.